The smallest absolute Gasteiger partial charge is 0.268 e. The molecule has 4 N–H and O–H groups in total. The molecule has 1 aromatic heterocycles. The van der Waals surface area contributed by atoms with Gasteiger partial charge in [0.25, 0.3) is 5.91 Å². The first-order valence-electron chi connectivity index (χ1n) is 12.9. The zero-order chi connectivity index (χ0) is 27.1. The van der Waals surface area contributed by atoms with E-state index in [-0.39, 0.29) is 18.2 Å². The highest BCUT2D eigenvalue weighted by atomic mass is 16.5. The third kappa shape index (κ3) is 6.68. The lowest BCUT2D eigenvalue weighted by atomic mass is 9.95. The monoisotopic (exact) mass is 514 g/mol. The number of hydrogen-bond acceptors (Lipinski definition) is 6. The van der Waals surface area contributed by atoms with Gasteiger partial charge in [-0.3, -0.25) is 19.2 Å². The van der Waals surface area contributed by atoms with E-state index in [0.29, 0.717) is 37.4 Å². The van der Waals surface area contributed by atoms with Gasteiger partial charge in [-0.25, -0.2) is 0 Å². The molecule has 1 fully saturated rings. The van der Waals surface area contributed by atoms with Crippen LogP contribution in [0.2, 0.25) is 0 Å². The van der Waals surface area contributed by atoms with E-state index in [1.807, 2.05) is 43.5 Å². The number of ketones is 1. The van der Waals surface area contributed by atoms with Crippen LogP contribution in [0.1, 0.15) is 56.9 Å². The van der Waals surface area contributed by atoms with Gasteiger partial charge in [-0.05, 0) is 49.8 Å². The molecule has 3 rings (SSSR count). The van der Waals surface area contributed by atoms with Crippen LogP contribution in [-0.4, -0.2) is 65.5 Å². The van der Waals surface area contributed by atoms with Crippen LogP contribution in [0, 0.1) is 11.8 Å². The summed E-state index contributed by atoms with van der Waals surface area (Å²) in [6.07, 6.45) is 1.81. The largest absolute Gasteiger partial charge is 0.496 e. The fourth-order valence-electron chi connectivity index (χ4n) is 4.83. The number of fused-ring (bicyclic) bond motifs is 1. The molecule has 2 heterocycles. The number of aryl methyl sites for hydroxylation is 1. The Morgan fingerprint density at radius 1 is 1.22 bits per heavy atom. The lowest BCUT2D eigenvalue weighted by Gasteiger charge is -2.25. The first-order valence-corrected chi connectivity index (χ1v) is 12.9. The molecule has 3 atom stereocenters. The second-order valence-electron chi connectivity index (χ2n) is 9.93. The molecule has 1 aliphatic heterocycles. The quantitative estimate of drug-likeness (QED) is 0.321. The van der Waals surface area contributed by atoms with E-state index >= 15 is 0 Å². The van der Waals surface area contributed by atoms with Crippen LogP contribution in [0.15, 0.2) is 24.3 Å². The predicted molar refractivity (Wildman–Crippen MR) is 139 cm³/mol. The van der Waals surface area contributed by atoms with Crippen molar-refractivity contribution in [2.75, 3.05) is 20.3 Å². The number of rotatable bonds is 13. The van der Waals surface area contributed by atoms with Gasteiger partial charge in [-0.15, -0.1) is 0 Å². The standard InChI is InChI=1S/C27H38N4O6/c1-5-11-31-21-7-6-8-24(37-4)18(21)14-22(31)27(36)30-20(12-16(2)3)26(35)29-19(23(33)15-32)13-17-9-10-28-25(17)34/h6-8,14,16-17,19-20,32H,5,9-13,15H2,1-4H3,(H,28,34)(H,29,35)(H,30,36)/t17-,19+,20+/m1/s1. The van der Waals surface area contributed by atoms with E-state index in [4.69, 9.17) is 4.74 Å². The SMILES string of the molecule is CCCn1c(C(=O)N[C@@H](CC(C)C)C(=O)N[C@@H](C[C@H]2CCNC2=O)C(=O)CO)cc2c(OC)cccc21. The van der Waals surface area contributed by atoms with Gasteiger partial charge in [0.1, 0.15) is 24.1 Å². The summed E-state index contributed by atoms with van der Waals surface area (Å²) in [4.78, 5) is 51.3. The van der Waals surface area contributed by atoms with Gasteiger partial charge in [0, 0.05) is 24.4 Å². The highest BCUT2D eigenvalue weighted by molar-refractivity contribution is 6.02. The molecule has 2 aromatic rings. The maximum Gasteiger partial charge on any atom is 0.268 e. The van der Waals surface area contributed by atoms with Gasteiger partial charge in [0.2, 0.25) is 11.8 Å². The number of Topliss-reactive ketones (excluding diaryl/α,β-unsaturated/α-hetero) is 1. The molecule has 1 aliphatic rings. The van der Waals surface area contributed by atoms with Gasteiger partial charge in [-0.2, -0.15) is 0 Å². The topological polar surface area (TPSA) is 139 Å². The van der Waals surface area contributed by atoms with E-state index in [1.54, 1.807) is 13.2 Å². The van der Waals surface area contributed by atoms with Crippen LogP contribution in [0.5, 0.6) is 5.75 Å². The van der Waals surface area contributed by atoms with Crippen molar-refractivity contribution in [3.8, 4) is 5.75 Å². The molecule has 10 nitrogen and oxygen atoms in total. The fourth-order valence-corrected chi connectivity index (χ4v) is 4.83. The molecular weight excluding hydrogens is 476 g/mol. The second kappa shape index (κ2) is 12.7. The summed E-state index contributed by atoms with van der Waals surface area (Å²) in [5, 5.41) is 18.5. The van der Waals surface area contributed by atoms with Crippen LogP contribution in [0.4, 0.5) is 0 Å². The van der Waals surface area contributed by atoms with Crippen LogP contribution in [-0.2, 0) is 20.9 Å². The molecule has 3 amide bonds. The van der Waals surface area contributed by atoms with Crippen molar-refractivity contribution in [3.05, 3.63) is 30.0 Å². The summed E-state index contributed by atoms with van der Waals surface area (Å²) >= 11 is 0. The number of aliphatic hydroxyl groups excluding tert-OH is 1. The van der Waals surface area contributed by atoms with Gasteiger partial charge >= 0.3 is 0 Å². The normalized spacial score (nSPS) is 16.9. The van der Waals surface area contributed by atoms with Crippen molar-refractivity contribution < 1.29 is 29.0 Å². The van der Waals surface area contributed by atoms with Crippen molar-refractivity contribution in [2.45, 2.75) is 65.1 Å². The molecule has 1 aromatic carbocycles. The van der Waals surface area contributed by atoms with Crippen LogP contribution >= 0.6 is 0 Å². The summed E-state index contributed by atoms with van der Waals surface area (Å²) in [5.41, 5.74) is 1.27. The molecule has 0 bridgehead atoms. The first kappa shape index (κ1) is 28.2. The summed E-state index contributed by atoms with van der Waals surface area (Å²) < 4.78 is 7.39. The Bertz CT molecular complexity index is 1140. The maximum atomic E-state index is 13.5. The lowest BCUT2D eigenvalue weighted by molar-refractivity contribution is -0.131. The summed E-state index contributed by atoms with van der Waals surface area (Å²) in [6, 6.07) is 5.46. The predicted octanol–water partition coefficient (Wildman–Crippen LogP) is 1.78. The Morgan fingerprint density at radius 3 is 2.57 bits per heavy atom. The number of carbonyl (C=O) groups is 4. The number of carbonyl (C=O) groups excluding carboxylic acids is 4. The van der Waals surface area contributed by atoms with E-state index in [2.05, 4.69) is 16.0 Å². The Kier molecular flexibility index (Phi) is 9.68. The maximum absolute atomic E-state index is 13.5. The number of hydrogen-bond donors (Lipinski definition) is 4. The van der Waals surface area contributed by atoms with E-state index in [1.165, 1.54) is 0 Å². The summed E-state index contributed by atoms with van der Waals surface area (Å²) in [6.45, 7) is 6.26. The van der Waals surface area contributed by atoms with Gasteiger partial charge < -0.3 is 30.4 Å². The Labute approximate surface area is 217 Å². The Morgan fingerprint density at radius 2 is 1.97 bits per heavy atom. The molecule has 0 spiro atoms. The molecule has 202 valence electrons. The number of methoxy groups -OCH3 is 1. The van der Waals surface area contributed by atoms with E-state index < -0.39 is 42.2 Å². The van der Waals surface area contributed by atoms with Crippen molar-refractivity contribution in [3.63, 3.8) is 0 Å². The number of aliphatic hydroxyl groups is 1. The molecule has 0 unspecified atom stereocenters. The van der Waals surface area contributed by atoms with Gasteiger partial charge in [0.15, 0.2) is 5.78 Å². The van der Waals surface area contributed by atoms with Crippen LogP contribution < -0.4 is 20.7 Å². The minimum atomic E-state index is -1.02. The minimum Gasteiger partial charge on any atom is -0.496 e. The zero-order valence-electron chi connectivity index (χ0n) is 22.0. The molecule has 0 radical (unpaired) electrons. The molecular formula is C27H38N4O6. The van der Waals surface area contributed by atoms with Gasteiger partial charge in [0.05, 0.1) is 18.7 Å². The minimum absolute atomic E-state index is 0.0743. The number of aromatic nitrogens is 1. The van der Waals surface area contributed by atoms with Crippen LogP contribution in [0.3, 0.4) is 0 Å². The lowest BCUT2D eigenvalue weighted by Crippen LogP contribution is -2.53. The summed E-state index contributed by atoms with van der Waals surface area (Å²) in [5.74, 6) is -1.37. The fraction of sp³-hybridized carbons (Fsp3) is 0.556. The van der Waals surface area contributed by atoms with Gasteiger partial charge in [-0.1, -0.05) is 26.8 Å². The average molecular weight is 515 g/mol. The van der Waals surface area contributed by atoms with Crippen molar-refractivity contribution >= 4 is 34.4 Å². The number of amides is 3. The van der Waals surface area contributed by atoms with Crippen molar-refractivity contribution in [1.29, 1.82) is 0 Å². The molecule has 0 aliphatic carbocycles. The average Bonchev–Trinajstić information content (AvgIpc) is 3.45. The zero-order valence-corrected chi connectivity index (χ0v) is 22.0. The molecule has 37 heavy (non-hydrogen) atoms. The second-order valence-corrected chi connectivity index (χ2v) is 9.93. The number of nitrogens with zero attached hydrogens (tertiary/aromatic N) is 1. The van der Waals surface area contributed by atoms with E-state index in [0.717, 1.165) is 17.3 Å². The van der Waals surface area contributed by atoms with Crippen LogP contribution in [0.25, 0.3) is 10.9 Å². The molecule has 0 saturated carbocycles. The van der Waals surface area contributed by atoms with E-state index in [9.17, 15) is 24.3 Å². The third-order valence-corrected chi connectivity index (χ3v) is 6.68. The number of ether oxygens (including phenoxy) is 1. The molecule has 10 heteroatoms. The Hall–Kier alpha value is -3.40. The third-order valence-electron chi connectivity index (χ3n) is 6.68. The van der Waals surface area contributed by atoms with Crippen molar-refractivity contribution in [2.24, 2.45) is 11.8 Å². The first-order chi connectivity index (χ1) is 17.7. The van der Waals surface area contributed by atoms with Crippen molar-refractivity contribution in [1.82, 2.24) is 20.5 Å². The number of benzene rings is 1. The number of nitrogens with one attached hydrogen (secondary N) is 3. The molecule has 1 saturated heterocycles. The highest BCUT2D eigenvalue weighted by Gasteiger charge is 2.33. The Balaban J connectivity index is 1.85. The summed E-state index contributed by atoms with van der Waals surface area (Å²) in [7, 11) is 1.58. The highest BCUT2D eigenvalue weighted by Crippen LogP contribution is 2.29.